The normalized spacial score (nSPS) is 22.6. The van der Waals surface area contributed by atoms with Crippen LogP contribution in [0.5, 0.6) is 0 Å². The van der Waals surface area contributed by atoms with E-state index < -0.39 is 0 Å². The summed E-state index contributed by atoms with van der Waals surface area (Å²) in [5.74, 6) is 0.716. The average molecular weight is 341 g/mol. The van der Waals surface area contributed by atoms with Gasteiger partial charge in [-0.05, 0) is 74.7 Å². The van der Waals surface area contributed by atoms with Gasteiger partial charge in [-0.1, -0.05) is 31.0 Å². The summed E-state index contributed by atoms with van der Waals surface area (Å²) in [4.78, 5) is 17.5. The van der Waals surface area contributed by atoms with Gasteiger partial charge in [-0.3, -0.25) is 9.69 Å². The van der Waals surface area contributed by atoms with Gasteiger partial charge in [0.2, 0.25) is 5.91 Å². The van der Waals surface area contributed by atoms with Gasteiger partial charge < -0.3 is 4.90 Å². The summed E-state index contributed by atoms with van der Waals surface area (Å²) in [6.45, 7) is 5.18. The third-order valence-electron chi connectivity index (χ3n) is 6.42. The Morgan fingerprint density at radius 3 is 2.36 bits per heavy atom. The lowest BCUT2D eigenvalue weighted by Gasteiger charge is -2.34. The number of amides is 1. The largest absolute Gasteiger partial charge is 0.342 e. The highest BCUT2D eigenvalue weighted by atomic mass is 16.2. The third-order valence-corrected chi connectivity index (χ3v) is 6.42. The number of carbonyl (C=O) groups is 1. The van der Waals surface area contributed by atoms with E-state index in [1.165, 1.54) is 50.5 Å². The Balaban J connectivity index is 1.28. The van der Waals surface area contributed by atoms with Crippen molar-refractivity contribution in [2.75, 3.05) is 26.2 Å². The minimum Gasteiger partial charge on any atom is -0.342 e. The molecule has 3 heteroatoms. The molecule has 0 atom stereocenters. The van der Waals surface area contributed by atoms with Gasteiger partial charge in [0, 0.05) is 25.6 Å². The Morgan fingerprint density at radius 2 is 1.60 bits per heavy atom. The number of likely N-dealkylation sites (tertiary alicyclic amines) is 2. The molecule has 0 bridgehead atoms. The summed E-state index contributed by atoms with van der Waals surface area (Å²) in [5, 5.41) is 0. The Kier molecular flexibility index (Phi) is 5.40. The molecule has 3 nitrogen and oxygen atoms in total. The first-order chi connectivity index (χ1) is 12.3. The highest BCUT2D eigenvalue weighted by Crippen LogP contribution is 2.26. The van der Waals surface area contributed by atoms with Crippen LogP contribution in [-0.2, 0) is 24.2 Å². The van der Waals surface area contributed by atoms with E-state index in [-0.39, 0.29) is 5.92 Å². The quantitative estimate of drug-likeness (QED) is 0.836. The number of hydrogen-bond acceptors (Lipinski definition) is 2. The first-order valence-electron chi connectivity index (χ1n) is 10.4. The molecule has 0 spiro atoms. The van der Waals surface area contributed by atoms with Gasteiger partial charge in [-0.2, -0.15) is 0 Å². The lowest BCUT2D eigenvalue weighted by Crippen LogP contribution is -2.42. The van der Waals surface area contributed by atoms with Gasteiger partial charge in [-0.25, -0.2) is 0 Å². The number of carbonyl (C=O) groups excluding carboxylic acids is 1. The number of benzene rings is 1. The molecule has 2 fully saturated rings. The molecule has 136 valence electrons. The van der Waals surface area contributed by atoms with Crippen LogP contribution in [0.15, 0.2) is 18.2 Å². The van der Waals surface area contributed by atoms with Crippen molar-refractivity contribution in [2.24, 2.45) is 5.92 Å². The first-order valence-corrected chi connectivity index (χ1v) is 10.4. The van der Waals surface area contributed by atoms with Crippen molar-refractivity contribution in [1.82, 2.24) is 9.80 Å². The molecule has 1 aromatic rings. The highest BCUT2D eigenvalue weighted by Gasteiger charge is 2.28. The topological polar surface area (TPSA) is 23.6 Å². The number of nitrogens with zero attached hydrogens (tertiary/aromatic N) is 2. The minimum absolute atomic E-state index is 0.273. The molecule has 0 N–H and O–H groups in total. The number of hydrogen-bond donors (Lipinski definition) is 0. The Labute approximate surface area is 152 Å². The summed E-state index contributed by atoms with van der Waals surface area (Å²) in [6.07, 6.45) is 10.9. The predicted octanol–water partition coefficient (Wildman–Crippen LogP) is 3.79. The van der Waals surface area contributed by atoms with Gasteiger partial charge in [0.1, 0.15) is 0 Å². The number of rotatable bonds is 3. The van der Waals surface area contributed by atoms with Gasteiger partial charge >= 0.3 is 0 Å². The zero-order chi connectivity index (χ0) is 17.1. The molecule has 3 aliphatic rings. The molecule has 1 aliphatic carbocycles. The zero-order valence-electron chi connectivity index (χ0n) is 15.5. The van der Waals surface area contributed by atoms with E-state index in [0.29, 0.717) is 5.91 Å². The van der Waals surface area contributed by atoms with Crippen LogP contribution >= 0.6 is 0 Å². The van der Waals surface area contributed by atoms with E-state index in [2.05, 4.69) is 28.0 Å². The predicted molar refractivity (Wildman–Crippen MR) is 102 cm³/mol. The van der Waals surface area contributed by atoms with Crippen LogP contribution in [0.1, 0.15) is 61.6 Å². The van der Waals surface area contributed by atoms with E-state index in [1.807, 2.05) is 0 Å². The summed E-state index contributed by atoms with van der Waals surface area (Å²) in [6, 6.07) is 7.09. The molecule has 1 aromatic carbocycles. The summed E-state index contributed by atoms with van der Waals surface area (Å²) >= 11 is 0. The lowest BCUT2D eigenvalue weighted by atomic mass is 9.94. The molecule has 4 rings (SSSR count). The summed E-state index contributed by atoms with van der Waals surface area (Å²) in [7, 11) is 0. The second-order valence-corrected chi connectivity index (χ2v) is 8.25. The summed E-state index contributed by atoms with van der Waals surface area (Å²) < 4.78 is 0. The van der Waals surface area contributed by atoms with E-state index >= 15 is 0 Å². The molecular formula is C22H32N2O. The van der Waals surface area contributed by atoms with E-state index in [0.717, 1.165) is 45.6 Å². The van der Waals surface area contributed by atoms with Crippen molar-refractivity contribution in [2.45, 2.75) is 64.3 Å². The fourth-order valence-electron chi connectivity index (χ4n) is 4.87. The van der Waals surface area contributed by atoms with Gasteiger partial charge in [-0.15, -0.1) is 0 Å². The molecule has 2 heterocycles. The van der Waals surface area contributed by atoms with Gasteiger partial charge in [0.05, 0.1) is 0 Å². The lowest BCUT2D eigenvalue weighted by molar-refractivity contribution is -0.137. The maximum absolute atomic E-state index is 12.8. The molecule has 0 radical (unpaired) electrons. The second kappa shape index (κ2) is 7.90. The maximum atomic E-state index is 12.8. The zero-order valence-corrected chi connectivity index (χ0v) is 15.5. The van der Waals surface area contributed by atoms with Crippen LogP contribution in [0.2, 0.25) is 0 Å². The molecule has 0 saturated carbocycles. The Hall–Kier alpha value is -1.35. The van der Waals surface area contributed by atoms with E-state index in [9.17, 15) is 4.79 Å². The fraction of sp³-hybridized carbons (Fsp3) is 0.682. The van der Waals surface area contributed by atoms with Gasteiger partial charge in [0.25, 0.3) is 0 Å². The van der Waals surface area contributed by atoms with Crippen molar-refractivity contribution in [1.29, 1.82) is 0 Å². The van der Waals surface area contributed by atoms with E-state index in [1.54, 1.807) is 11.1 Å². The molecule has 2 saturated heterocycles. The number of piperidine rings is 1. The molecule has 25 heavy (non-hydrogen) atoms. The average Bonchev–Trinajstić information content (AvgIpc) is 2.94. The molecule has 0 unspecified atom stereocenters. The molecule has 1 amide bonds. The third kappa shape index (κ3) is 4.08. The second-order valence-electron chi connectivity index (χ2n) is 8.25. The molecule has 2 aliphatic heterocycles. The van der Waals surface area contributed by atoms with Crippen molar-refractivity contribution in [3.63, 3.8) is 0 Å². The monoisotopic (exact) mass is 340 g/mol. The van der Waals surface area contributed by atoms with Crippen LogP contribution in [0.25, 0.3) is 0 Å². The van der Waals surface area contributed by atoms with Crippen molar-refractivity contribution < 1.29 is 4.79 Å². The Morgan fingerprint density at radius 1 is 0.880 bits per heavy atom. The number of aryl methyl sites for hydroxylation is 2. The Bertz CT molecular complexity index is 596. The van der Waals surface area contributed by atoms with E-state index in [4.69, 9.17) is 0 Å². The van der Waals surface area contributed by atoms with Crippen molar-refractivity contribution in [3.05, 3.63) is 34.9 Å². The maximum Gasteiger partial charge on any atom is 0.225 e. The van der Waals surface area contributed by atoms with Crippen LogP contribution in [0.3, 0.4) is 0 Å². The minimum atomic E-state index is 0.273. The van der Waals surface area contributed by atoms with Gasteiger partial charge in [0.15, 0.2) is 0 Å². The first kappa shape index (κ1) is 17.1. The van der Waals surface area contributed by atoms with Crippen molar-refractivity contribution in [3.8, 4) is 0 Å². The van der Waals surface area contributed by atoms with Crippen LogP contribution in [0, 0.1) is 5.92 Å². The summed E-state index contributed by atoms with van der Waals surface area (Å²) in [5.41, 5.74) is 4.59. The van der Waals surface area contributed by atoms with Crippen LogP contribution in [-0.4, -0.2) is 41.9 Å². The fourth-order valence-corrected chi connectivity index (χ4v) is 4.87. The van der Waals surface area contributed by atoms with Crippen molar-refractivity contribution >= 4 is 5.91 Å². The van der Waals surface area contributed by atoms with Crippen LogP contribution in [0.4, 0.5) is 0 Å². The smallest absolute Gasteiger partial charge is 0.225 e. The molecular weight excluding hydrogens is 308 g/mol. The standard InChI is InChI=1S/C22H32N2O/c25-22(24-12-3-1-2-4-13-24)20-10-14-23(15-11-20)17-18-8-9-19-6-5-7-21(19)16-18/h8-9,16,20H,1-7,10-15,17H2. The SMILES string of the molecule is O=C(C1CCN(Cc2ccc3c(c2)CCC3)CC1)N1CCCCCC1. The highest BCUT2D eigenvalue weighted by molar-refractivity contribution is 5.79. The number of fused-ring (bicyclic) bond motifs is 1. The molecule has 0 aromatic heterocycles. The van der Waals surface area contributed by atoms with Crippen LogP contribution < -0.4 is 0 Å².